The van der Waals surface area contributed by atoms with Gasteiger partial charge in [-0.05, 0) is 37.6 Å². The number of nitrogens with one attached hydrogen (secondary N) is 2. The molecule has 2 amide bonds. The molecule has 0 fully saturated rings. The van der Waals surface area contributed by atoms with E-state index in [1.54, 1.807) is 16.7 Å². The average Bonchev–Trinajstić information content (AvgIpc) is 3.23. The molecule has 0 atom stereocenters. The number of hydrogen-bond acceptors (Lipinski definition) is 8. The number of anilines is 1. The van der Waals surface area contributed by atoms with Gasteiger partial charge in [-0.2, -0.15) is 0 Å². The highest BCUT2D eigenvalue weighted by Crippen LogP contribution is 2.29. The van der Waals surface area contributed by atoms with Gasteiger partial charge in [0.2, 0.25) is 5.91 Å². The number of nitro benzene ring substituents is 1. The molecule has 11 nitrogen and oxygen atoms in total. The number of nitrogens with zero attached hydrogens (tertiary/aromatic N) is 4. The Morgan fingerprint density at radius 1 is 1.21 bits per heavy atom. The standard InChI is InChI=1S/C22H24N6O5S/c1-4-27-19(12-23-21(30)16-8-6-5-7-14(16)2)25-26-22(27)34-13-20(29)24-17-10-9-15(33-3)11-18(17)28(31)32/h5-11H,4,12-13H2,1-3H3,(H,23,30)(H,24,29). The molecular weight excluding hydrogens is 460 g/mol. The number of methoxy groups -OCH3 is 1. The first-order valence-corrected chi connectivity index (χ1v) is 11.3. The van der Waals surface area contributed by atoms with Crippen molar-refractivity contribution in [1.82, 2.24) is 20.1 Å². The van der Waals surface area contributed by atoms with Crippen LogP contribution in [0.25, 0.3) is 0 Å². The summed E-state index contributed by atoms with van der Waals surface area (Å²) in [6, 6.07) is 11.5. The summed E-state index contributed by atoms with van der Waals surface area (Å²) in [4.78, 5) is 35.6. The van der Waals surface area contributed by atoms with Crippen molar-refractivity contribution in [2.24, 2.45) is 0 Å². The summed E-state index contributed by atoms with van der Waals surface area (Å²) in [5.74, 6) is 0.198. The van der Waals surface area contributed by atoms with Crippen LogP contribution >= 0.6 is 11.8 Å². The van der Waals surface area contributed by atoms with Gasteiger partial charge in [0, 0.05) is 12.1 Å². The van der Waals surface area contributed by atoms with Crippen LogP contribution in [-0.2, 0) is 17.9 Å². The zero-order valence-electron chi connectivity index (χ0n) is 18.9. The number of aromatic nitrogens is 3. The van der Waals surface area contributed by atoms with Gasteiger partial charge in [-0.15, -0.1) is 10.2 Å². The fourth-order valence-corrected chi connectivity index (χ4v) is 3.99. The SMILES string of the molecule is CCn1c(CNC(=O)c2ccccc2C)nnc1SCC(=O)Nc1ccc(OC)cc1[N+](=O)[O-]. The molecule has 0 saturated carbocycles. The van der Waals surface area contributed by atoms with Crippen molar-refractivity contribution in [3.63, 3.8) is 0 Å². The molecule has 0 aliphatic rings. The highest BCUT2D eigenvalue weighted by molar-refractivity contribution is 7.99. The molecule has 3 aromatic rings. The number of nitro groups is 1. The van der Waals surface area contributed by atoms with Crippen LogP contribution in [0.1, 0.15) is 28.7 Å². The predicted molar refractivity (Wildman–Crippen MR) is 127 cm³/mol. The average molecular weight is 485 g/mol. The van der Waals surface area contributed by atoms with E-state index in [2.05, 4.69) is 20.8 Å². The molecule has 2 aromatic carbocycles. The summed E-state index contributed by atoms with van der Waals surface area (Å²) in [5.41, 5.74) is 1.27. The van der Waals surface area contributed by atoms with E-state index in [9.17, 15) is 19.7 Å². The maximum Gasteiger partial charge on any atom is 0.296 e. The summed E-state index contributed by atoms with van der Waals surface area (Å²) in [7, 11) is 1.40. The minimum Gasteiger partial charge on any atom is -0.496 e. The molecule has 2 N–H and O–H groups in total. The Labute approximate surface area is 200 Å². The summed E-state index contributed by atoms with van der Waals surface area (Å²) >= 11 is 1.14. The highest BCUT2D eigenvalue weighted by atomic mass is 32.2. The molecule has 0 radical (unpaired) electrons. The number of aryl methyl sites for hydroxylation is 1. The fourth-order valence-electron chi connectivity index (χ4n) is 3.17. The quantitative estimate of drug-likeness (QED) is 0.254. The number of rotatable bonds is 10. The lowest BCUT2D eigenvalue weighted by Crippen LogP contribution is -2.25. The first-order valence-electron chi connectivity index (χ1n) is 10.3. The Balaban J connectivity index is 1.62. The van der Waals surface area contributed by atoms with Gasteiger partial charge < -0.3 is 19.9 Å². The Morgan fingerprint density at radius 3 is 2.65 bits per heavy atom. The van der Waals surface area contributed by atoms with Crippen LogP contribution in [0.4, 0.5) is 11.4 Å². The van der Waals surface area contributed by atoms with Crippen LogP contribution in [0.2, 0.25) is 0 Å². The number of carbonyl (C=O) groups is 2. The molecule has 1 aromatic heterocycles. The van der Waals surface area contributed by atoms with E-state index in [0.29, 0.717) is 28.8 Å². The molecular formula is C22H24N6O5S. The van der Waals surface area contributed by atoms with Gasteiger partial charge >= 0.3 is 0 Å². The van der Waals surface area contributed by atoms with Crippen molar-refractivity contribution in [3.05, 3.63) is 69.5 Å². The van der Waals surface area contributed by atoms with Crippen molar-refractivity contribution in [2.45, 2.75) is 32.1 Å². The molecule has 0 saturated heterocycles. The second kappa shape index (κ2) is 11.3. The van der Waals surface area contributed by atoms with Gasteiger partial charge in [0.1, 0.15) is 11.4 Å². The van der Waals surface area contributed by atoms with Gasteiger partial charge in [-0.1, -0.05) is 30.0 Å². The minimum atomic E-state index is -0.587. The Bertz CT molecular complexity index is 1210. The Morgan fingerprint density at radius 2 is 1.97 bits per heavy atom. The lowest BCUT2D eigenvalue weighted by molar-refractivity contribution is -0.384. The molecule has 3 rings (SSSR count). The number of amides is 2. The van der Waals surface area contributed by atoms with E-state index in [0.717, 1.165) is 17.3 Å². The molecule has 0 bridgehead atoms. The van der Waals surface area contributed by atoms with Crippen molar-refractivity contribution in [1.29, 1.82) is 0 Å². The first kappa shape index (κ1) is 24.7. The summed E-state index contributed by atoms with van der Waals surface area (Å²) in [6.07, 6.45) is 0. The predicted octanol–water partition coefficient (Wildman–Crippen LogP) is 3.18. The normalized spacial score (nSPS) is 10.6. The van der Waals surface area contributed by atoms with Crippen molar-refractivity contribution in [2.75, 3.05) is 18.2 Å². The lowest BCUT2D eigenvalue weighted by Gasteiger charge is -2.10. The van der Waals surface area contributed by atoms with Gasteiger partial charge in [-0.3, -0.25) is 19.7 Å². The van der Waals surface area contributed by atoms with Gasteiger partial charge in [0.25, 0.3) is 11.6 Å². The Kier molecular flexibility index (Phi) is 8.19. The number of benzene rings is 2. The van der Waals surface area contributed by atoms with Crippen LogP contribution in [0.3, 0.4) is 0 Å². The minimum absolute atomic E-state index is 0.0309. The zero-order chi connectivity index (χ0) is 24.7. The van der Waals surface area contributed by atoms with Crippen LogP contribution < -0.4 is 15.4 Å². The maximum atomic E-state index is 12.5. The second-order valence-corrected chi connectivity index (χ2v) is 8.06. The van der Waals surface area contributed by atoms with Gasteiger partial charge in [-0.25, -0.2) is 0 Å². The van der Waals surface area contributed by atoms with Gasteiger partial charge in [0.05, 0.1) is 30.4 Å². The van der Waals surface area contributed by atoms with E-state index >= 15 is 0 Å². The fraction of sp³-hybridized carbons (Fsp3) is 0.273. The lowest BCUT2D eigenvalue weighted by atomic mass is 10.1. The first-order chi connectivity index (χ1) is 16.3. The number of carbonyl (C=O) groups excluding carboxylic acids is 2. The molecule has 1 heterocycles. The molecule has 0 unspecified atom stereocenters. The van der Waals surface area contributed by atoms with Crippen LogP contribution in [-0.4, -0.2) is 44.4 Å². The van der Waals surface area contributed by atoms with Crippen molar-refractivity contribution in [3.8, 4) is 5.75 Å². The van der Waals surface area contributed by atoms with E-state index in [1.165, 1.54) is 25.3 Å². The molecule has 34 heavy (non-hydrogen) atoms. The third-order valence-corrected chi connectivity index (χ3v) is 5.88. The monoisotopic (exact) mass is 484 g/mol. The molecule has 12 heteroatoms. The topological polar surface area (TPSA) is 141 Å². The van der Waals surface area contributed by atoms with E-state index < -0.39 is 10.8 Å². The maximum absolute atomic E-state index is 12.5. The highest BCUT2D eigenvalue weighted by Gasteiger charge is 2.19. The number of thioether (sulfide) groups is 1. The zero-order valence-corrected chi connectivity index (χ0v) is 19.7. The summed E-state index contributed by atoms with van der Waals surface area (Å²) in [5, 5.41) is 25.5. The van der Waals surface area contributed by atoms with E-state index in [-0.39, 0.29) is 29.6 Å². The van der Waals surface area contributed by atoms with Gasteiger partial charge in [0.15, 0.2) is 11.0 Å². The third-order valence-electron chi connectivity index (χ3n) is 4.91. The second-order valence-electron chi connectivity index (χ2n) is 7.12. The summed E-state index contributed by atoms with van der Waals surface area (Å²) in [6.45, 7) is 4.49. The van der Waals surface area contributed by atoms with Crippen LogP contribution in [0.15, 0.2) is 47.6 Å². The number of ether oxygens (including phenoxy) is 1. The van der Waals surface area contributed by atoms with Crippen molar-refractivity contribution < 1.29 is 19.2 Å². The molecule has 0 aliphatic carbocycles. The summed E-state index contributed by atoms with van der Waals surface area (Å²) < 4.78 is 6.80. The largest absolute Gasteiger partial charge is 0.496 e. The smallest absolute Gasteiger partial charge is 0.296 e. The number of hydrogen-bond donors (Lipinski definition) is 2. The van der Waals surface area contributed by atoms with E-state index in [4.69, 9.17) is 4.74 Å². The molecule has 0 spiro atoms. The van der Waals surface area contributed by atoms with Crippen LogP contribution in [0.5, 0.6) is 5.75 Å². The van der Waals surface area contributed by atoms with Crippen LogP contribution in [0, 0.1) is 17.0 Å². The third kappa shape index (κ3) is 5.90. The molecule has 0 aliphatic heterocycles. The van der Waals surface area contributed by atoms with Crippen molar-refractivity contribution >= 4 is 35.0 Å². The van der Waals surface area contributed by atoms with E-state index in [1.807, 2.05) is 26.0 Å². The molecule has 178 valence electrons. The Hall–Kier alpha value is -3.93.